The Morgan fingerprint density at radius 3 is 2.06 bits per heavy atom. The SMILES string of the molecule is COc1cc(OC)c(OC)cc1NCCO. The summed E-state index contributed by atoms with van der Waals surface area (Å²) in [5.41, 5.74) is 0.759. The molecule has 2 N–H and O–H groups in total. The second kappa shape index (κ2) is 6.07. The normalized spacial score (nSPS) is 9.75. The van der Waals surface area contributed by atoms with Gasteiger partial charge in [-0.15, -0.1) is 0 Å². The molecule has 0 atom stereocenters. The van der Waals surface area contributed by atoms with Crippen LogP contribution in [-0.2, 0) is 0 Å². The van der Waals surface area contributed by atoms with Crippen LogP contribution in [0.1, 0.15) is 0 Å². The van der Waals surface area contributed by atoms with E-state index in [0.29, 0.717) is 23.8 Å². The van der Waals surface area contributed by atoms with Crippen LogP contribution in [-0.4, -0.2) is 39.6 Å². The second-order valence-corrected chi connectivity index (χ2v) is 3.06. The number of rotatable bonds is 6. The summed E-state index contributed by atoms with van der Waals surface area (Å²) in [5.74, 6) is 1.86. The lowest BCUT2D eigenvalue weighted by molar-refractivity contribution is 0.310. The topological polar surface area (TPSA) is 60.0 Å². The zero-order valence-corrected chi connectivity index (χ0v) is 9.74. The van der Waals surface area contributed by atoms with E-state index in [4.69, 9.17) is 19.3 Å². The first-order chi connectivity index (χ1) is 7.76. The van der Waals surface area contributed by atoms with Gasteiger partial charge in [0.05, 0.1) is 33.6 Å². The van der Waals surface area contributed by atoms with Gasteiger partial charge in [-0.05, 0) is 0 Å². The van der Waals surface area contributed by atoms with Gasteiger partial charge in [0.15, 0.2) is 11.5 Å². The Morgan fingerprint density at radius 1 is 1.00 bits per heavy atom. The molecule has 0 radical (unpaired) electrons. The highest BCUT2D eigenvalue weighted by molar-refractivity contribution is 5.64. The number of benzene rings is 1. The average Bonchev–Trinajstić information content (AvgIpc) is 2.35. The Hall–Kier alpha value is -1.62. The summed E-state index contributed by atoms with van der Waals surface area (Å²) in [6, 6.07) is 3.51. The monoisotopic (exact) mass is 227 g/mol. The molecule has 1 rings (SSSR count). The van der Waals surface area contributed by atoms with Gasteiger partial charge in [-0.2, -0.15) is 0 Å². The third-order valence-corrected chi connectivity index (χ3v) is 2.13. The Morgan fingerprint density at radius 2 is 1.56 bits per heavy atom. The lowest BCUT2D eigenvalue weighted by atomic mass is 10.2. The molecule has 0 bridgehead atoms. The highest BCUT2D eigenvalue weighted by Crippen LogP contribution is 2.37. The standard InChI is InChI=1S/C11H17NO4/c1-14-9-7-11(16-3)10(15-2)6-8(9)12-4-5-13/h6-7,12-13H,4-5H2,1-3H3. The maximum atomic E-state index is 8.76. The van der Waals surface area contributed by atoms with E-state index in [9.17, 15) is 0 Å². The van der Waals surface area contributed by atoms with Crippen molar-refractivity contribution in [1.29, 1.82) is 0 Å². The first kappa shape index (κ1) is 12.4. The minimum atomic E-state index is 0.0531. The van der Waals surface area contributed by atoms with Crippen LogP contribution in [0.3, 0.4) is 0 Å². The largest absolute Gasteiger partial charge is 0.494 e. The second-order valence-electron chi connectivity index (χ2n) is 3.06. The van der Waals surface area contributed by atoms with Gasteiger partial charge in [-0.3, -0.25) is 0 Å². The van der Waals surface area contributed by atoms with Crippen molar-refractivity contribution < 1.29 is 19.3 Å². The van der Waals surface area contributed by atoms with E-state index in [-0.39, 0.29) is 6.61 Å². The number of ether oxygens (including phenoxy) is 3. The van der Waals surface area contributed by atoms with E-state index >= 15 is 0 Å². The Labute approximate surface area is 94.9 Å². The molecule has 16 heavy (non-hydrogen) atoms. The van der Waals surface area contributed by atoms with Crippen molar-refractivity contribution in [3.63, 3.8) is 0 Å². The first-order valence-corrected chi connectivity index (χ1v) is 4.91. The number of nitrogens with one attached hydrogen (secondary N) is 1. The molecular formula is C11H17NO4. The molecule has 0 aromatic heterocycles. The number of anilines is 1. The Bertz CT molecular complexity index is 341. The summed E-state index contributed by atoms with van der Waals surface area (Å²) in [4.78, 5) is 0. The van der Waals surface area contributed by atoms with Crippen LogP contribution in [0.2, 0.25) is 0 Å². The molecule has 0 amide bonds. The van der Waals surface area contributed by atoms with Crippen molar-refractivity contribution in [3.05, 3.63) is 12.1 Å². The molecule has 0 heterocycles. The van der Waals surface area contributed by atoms with Crippen LogP contribution in [0.4, 0.5) is 5.69 Å². The van der Waals surface area contributed by atoms with Gasteiger partial charge in [-0.1, -0.05) is 0 Å². The van der Waals surface area contributed by atoms with Crippen molar-refractivity contribution in [2.24, 2.45) is 0 Å². The Balaban J connectivity index is 3.05. The van der Waals surface area contributed by atoms with Gasteiger partial charge in [0.1, 0.15) is 5.75 Å². The zero-order valence-electron chi connectivity index (χ0n) is 9.74. The number of hydrogen-bond donors (Lipinski definition) is 2. The molecule has 5 heteroatoms. The third-order valence-electron chi connectivity index (χ3n) is 2.13. The smallest absolute Gasteiger partial charge is 0.164 e. The molecule has 90 valence electrons. The third kappa shape index (κ3) is 2.70. The van der Waals surface area contributed by atoms with Crippen LogP contribution in [0.5, 0.6) is 17.2 Å². The van der Waals surface area contributed by atoms with Crippen molar-refractivity contribution in [2.75, 3.05) is 39.8 Å². The number of methoxy groups -OCH3 is 3. The minimum Gasteiger partial charge on any atom is -0.494 e. The fourth-order valence-electron chi connectivity index (χ4n) is 1.36. The van der Waals surface area contributed by atoms with Crippen molar-refractivity contribution in [3.8, 4) is 17.2 Å². The molecule has 0 saturated heterocycles. The molecule has 0 saturated carbocycles. The van der Waals surface area contributed by atoms with Crippen LogP contribution in [0.25, 0.3) is 0 Å². The molecule has 0 unspecified atom stereocenters. The van der Waals surface area contributed by atoms with Crippen LogP contribution in [0.15, 0.2) is 12.1 Å². The van der Waals surface area contributed by atoms with Crippen molar-refractivity contribution >= 4 is 5.69 Å². The molecule has 1 aromatic carbocycles. The van der Waals surface area contributed by atoms with Gasteiger partial charge in [0.25, 0.3) is 0 Å². The summed E-state index contributed by atoms with van der Waals surface area (Å²) in [7, 11) is 4.71. The summed E-state index contributed by atoms with van der Waals surface area (Å²) in [6.07, 6.45) is 0. The molecule has 0 aliphatic rings. The summed E-state index contributed by atoms with van der Waals surface area (Å²) >= 11 is 0. The van der Waals surface area contributed by atoms with Gasteiger partial charge < -0.3 is 24.6 Å². The van der Waals surface area contributed by atoms with Crippen LogP contribution in [0, 0.1) is 0 Å². The fraction of sp³-hybridized carbons (Fsp3) is 0.455. The summed E-state index contributed by atoms with van der Waals surface area (Å²) in [6.45, 7) is 0.503. The summed E-state index contributed by atoms with van der Waals surface area (Å²) < 4.78 is 15.5. The highest BCUT2D eigenvalue weighted by atomic mass is 16.5. The quantitative estimate of drug-likeness (QED) is 0.762. The molecule has 0 spiro atoms. The van der Waals surface area contributed by atoms with Crippen LogP contribution < -0.4 is 19.5 Å². The van der Waals surface area contributed by atoms with E-state index in [1.54, 1.807) is 33.5 Å². The van der Waals surface area contributed by atoms with E-state index in [0.717, 1.165) is 5.69 Å². The molecule has 1 aromatic rings. The number of aliphatic hydroxyl groups is 1. The lowest BCUT2D eigenvalue weighted by Crippen LogP contribution is -2.07. The Kier molecular flexibility index (Phi) is 4.72. The van der Waals surface area contributed by atoms with Gasteiger partial charge in [0, 0.05) is 18.7 Å². The lowest BCUT2D eigenvalue weighted by Gasteiger charge is -2.14. The summed E-state index contributed by atoms with van der Waals surface area (Å²) in [5, 5.41) is 11.8. The van der Waals surface area contributed by atoms with Crippen molar-refractivity contribution in [1.82, 2.24) is 0 Å². The fourth-order valence-corrected chi connectivity index (χ4v) is 1.36. The number of aliphatic hydroxyl groups excluding tert-OH is 1. The van der Waals surface area contributed by atoms with E-state index in [1.807, 2.05) is 0 Å². The predicted octanol–water partition coefficient (Wildman–Crippen LogP) is 1.12. The van der Waals surface area contributed by atoms with Gasteiger partial charge >= 0.3 is 0 Å². The van der Waals surface area contributed by atoms with E-state index < -0.39 is 0 Å². The van der Waals surface area contributed by atoms with E-state index in [1.165, 1.54) is 0 Å². The molecule has 5 nitrogen and oxygen atoms in total. The first-order valence-electron chi connectivity index (χ1n) is 4.91. The molecule has 0 aliphatic heterocycles. The predicted molar refractivity (Wildman–Crippen MR) is 61.7 cm³/mol. The van der Waals surface area contributed by atoms with E-state index in [2.05, 4.69) is 5.32 Å². The molecule has 0 fully saturated rings. The van der Waals surface area contributed by atoms with Crippen molar-refractivity contribution in [2.45, 2.75) is 0 Å². The molecule has 0 aliphatic carbocycles. The average molecular weight is 227 g/mol. The highest BCUT2D eigenvalue weighted by Gasteiger charge is 2.10. The van der Waals surface area contributed by atoms with Crippen LogP contribution >= 0.6 is 0 Å². The molecular weight excluding hydrogens is 210 g/mol. The van der Waals surface area contributed by atoms with Gasteiger partial charge in [0.2, 0.25) is 0 Å². The minimum absolute atomic E-state index is 0.0531. The number of hydrogen-bond acceptors (Lipinski definition) is 5. The maximum Gasteiger partial charge on any atom is 0.164 e. The zero-order chi connectivity index (χ0) is 12.0. The maximum absolute atomic E-state index is 8.76. The van der Waals surface area contributed by atoms with Gasteiger partial charge in [-0.25, -0.2) is 0 Å².